The smallest absolute Gasteiger partial charge is 0.258 e. The molecule has 5 rings (SSSR count). The third-order valence-corrected chi connectivity index (χ3v) is 10.9. The second-order valence-corrected chi connectivity index (χ2v) is 15.8. The summed E-state index contributed by atoms with van der Waals surface area (Å²) in [5, 5.41) is 25.8. The zero-order valence-electron chi connectivity index (χ0n) is 31.5. The van der Waals surface area contributed by atoms with Crippen LogP contribution in [0.15, 0.2) is 105 Å². The molecule has 318 valence electrons. The minimum absolute atomic E-state index is 0.0162. The van der Waals surface area contributed by atoms with Crippen LogP contribution < -0.4 is 21.3 Å². The molecule has 4 N–H and O–H groups in total. The van der Waals surface area contributed by atoms with Gasteiger partial charge in [-0.15, -0.1) is 0 Å². The van der Waals surface area contributed by atoms with E-state index in [4.69, 9.17) is 92.8 Å². The van der Waals surface area contributed by atoms with E-state index in [1.165, 1.54) is 72.8 Å². The molecule has 0 radical (unpaired) electrons. The summed E-state index contributed by atoms with van der Waals surface area (Å²) in [6, 6.07) is 16.8. The summed E-state index contributed by atoms with van der Waals surface area (Å²) in [5.74, 6) is -4.74. The number of carbonyl (C=O) groups is 6. The molecule has 4 amide bonds. The highest BCUT2D eigenvalue weighted by Gasteiger charge is 2.28. The van der Waals surface area contributed by atoms with Crippen molar-refractivity contribution in [2.24, 2.45) is 20.5 Å². The van der Waals surface area contributed by atoms with Gasteiger partial charge in [0.15, 0.2) is 11.6 Å². The van der Waals surface area contributed by atoms with Gasteiger partial charge in [0, 0.05) is 5.69 Å². The molecule has 2 atom stereocenters. The lowest BCUT2D eigenvalue weighted by atomic mass is 10.1. The summed E-state index contributed by atoms with van der Waals surface area (Å²) < 4.78 is 0. The first-order chi connectivity index (χ1) is 29.4. The molecule has 0 aromatic heterocycles. The molecular weight excluding hydrogens is 972 g/mol. The molecule has 0 aliphatic heterocycles. The molecule has 0 bridgehead atoms. The number of hydrogen-bond donors (Lipinski definition) is 4. The van der Waals surface area contributed by atoms with Gasteiger partial charge in [0.1, 0.15) is 11.4 Å². The quantitative estimate of drug-likeness (QED) is 0.0630. The Kier molecular flexibility index (Phi) is 16.4. The van der Waals surface area contributed by atoms with Crippen LogP contribution in [0.2, 0.25) is 40.2 Å². The van der Waals surface area contributed by atoms with Crippen molar-refractivity contribution in [1.82, 2.24) is 0 Å². The average Bonchev–Trinajstić information content (AvgIpc) is 3.20. The maximum Gasteiger partial charge on any atom is 0.258 e. The molecule has 0 saturated carbocycles. The van der Waals surface area contributed by atoms with Crippen molar-refractivity contribution in [3.8, 4) is 0 Å². The van der Waals surface area contributed by atoms with Crippen molar-refractivity contribution in [3.05, 3.63) is 136 Å². The fourth-order valence-corrected chi connectivity index (χ4v) is 7.25. The number of carbonyl (C=O) groups excluding carboxylic acids is 6. The van der Waals surface area contributed by atoms with Crippen molar-refractivity contribution < 1.29 is 28.8 Å². The van der Waals surface area contributed by atoms with E-state index in [1.807, 2.05) is 0 Å². The van der Waals surface area contributed by atoms with Crippen molar-refractivity contribution >= 4 is 162 Å². The third kappa shape index (κ3) is 11.6. The molecule has 0 spiro atoms. The fraction of sp³-hybridized carbons (Fsp3) is 0.100. The number of ketones is 2. The monoisotopic (exact) mass is 994 g/mol. The van der Waals surface area contributed by atoms with E-state index in [0.717, 1.165) is 13.8 Å². The highest BCUT2D eigenvalue weighted by atomic mass is 35.5. The molecule has 22 heteroatoms. The lowest BCUT2D eigenvalue weighted by Crippen LogP contribution is -2.32. The number of halogens is 8. The molecule has 5 aromatic rings. The van der Waals surface area contributed by atoms with E-state index in [1.54, 1.807) is 12.1 Å². The van der Waals surface area contributed by atoms with E-state index < -0.39 is 47.3 Å². The van der Waals surface area contributed by atoms with Gasteiger partial charge in [-0.2, -0.15) is 20.5 Å². The maximum atomic E-state index is 13.3. The van der Waals surface area contributed by atoms with Crippen LogP contribution in [-0.2, 0) is 19.2 Å². The van der Waals surface area contributed by atoms with E-state index >= 15 is 0 Å². The van der Waals surface area contributed by atoms with Crippen LogP contribution in [0.4, 0.5) is 34.1 Å². The Balaban J connectivity index is 1.28. The minimum atomic E-state index is -1.73. The SMILES string of the molecule is CC(=O)C(N=Nc1cccc(C(=O)Nc2c(Cl)cccc2Cl)c1Cl)C(=O)Nc1cc(Cl)c(NC(=O)C(N=Nc2cccc(C(=O)Nc3c(Cl)cccc3Cl)c2Cl)C(C)=O)c(Cl)c1. The van der Waals surface area contributed by atoms with E-state index in [2.05, 4.69) is 41.7 Å². The van der Waals surface area contributed by atoms with Crippen LogP contribution in [0, 0.1) is 0 Å². The first kappa shape index (κ1) is 47.9. The number of hydrogen-bond acceptors (Lipinski definition) is 10. The number of benzene rings is 5. The van der Waals surface area contributed by atoms with Crippen LogP contribution in [0.3, 0.4) is 0 Å². The second kappa shape index (κ2) is 21.3. The van der Waals surface area contributed by atoms with E-state index in [-0.39, 0.29) is 85.4 Å². The molecule has 0 aliphatic carbocycles. The zero-order valence-corrected chi connectivity index (χ0v) is 37.5. The van der Waals surface area contributed by atoms with Gasteiger partial charge < -0.3 is 21.3 Å². The minimum Gasteiger partial charge on any atom is -0.324 e. The summed E-state index contributed by atoms with van der Waals surface area (Å²) in [4.78, 5) is 77.8. The third-order valence-electron chi connectivity index (χ3n) is 8.24. The number of Topliss-reactive ketones (excluding diaryl/α,β-unsaturated/α-hetero) is 2. The van der Waals surface area contributed by atoms with E-state index in [9.17, 15) is 28.8 Å². The highest BCUT2D eigenvalue weighted by molar-refractivity contribution is 6.43. The Morgan fingerprint density at radius 3 is 1.16 bits per heavy atom. The van der Waals surface area contributed by atoms with Crippen LogP contribution in [-0.4, -0.2) is 47.3 Å². The first-order valence-electron chi connectivity index (χ1n) is 17.4. The molecule has 5 aromatic carbocycles. The zero-order chi connectivity index (χ0) is 45.4. The number of nitrogens with one attached hydrogen (secondary N) is 4. The number of amides is 4. The summed E-state index contributed by atoms with van der Waals surface area (Å²) >= 11 is 50.5. The standard InChI is InChI=1S/C40H26Cl8N8O6/c1-17(57)32(55-53-28-13-3-7-20(30(28)47)37(59)50-34-22(41)9-5-10-23(34)42)39(61)49-19-15-26(45)36(27(46)16-19)52-40(62)33(18(2)58)56-54-29-14-4-8-21(31(29)48)38(60)51-35-24(43)11-6-12-25(35)44/h3-16,32-33H,1-2H3,(H,49,61)(H,50,59)(H,51,60)(H,52,62). The van der Waals surface area contributed by atoms with Gasteiger partial charge in [-0.05, 0) is 74.5 Å². The van der Waals surface area contributed by atoms with Crippen LogP contribution in [0.5, 0.6) is 0 Å². The Labute approximate surface area is 392 Å². The highest BCUT2D eigenvalue weighted by Crippen LogP contribution is 2.37. The van der Waals surface area contributed by atoms with Gasteiger partial charge in [0.2, 0.25) is 12.1 Å². The lowest BCUT2D eigenvalue weighted by molar-refractivity contribution is -0.127. The summed E-state index contributed by atoms with van der Waals surface area (Å²) in [7, 11) is 0. The van der Waals surface area contributed by atoms with Gasteiger partial charge in [0.05, 0.1) is 68.4 Å². The second-order valence-electron chi connectivity index (χ2n) is 12.6. The lowest BCUT2D eigenvalue weighted by Gasteiger charge is -2.15. The van der Waals surface area contributed by atoms with Crippen molar-refractivity contribution in [1.29, 1.82) is 0 Å². The summed E-state index contributed by atoms with van der Waals surface area (Å²) in [5.41, 5.74) is -0.0310. The van der Waals surface area contributed by atoms with Crippen LogP contribution in [0.1, 0.15) is 34.6 Å². The van der Waals surface area contributed by atoms with Crippen molar-refractivity contribution in [2.45, 2.75) is 25.9 Å². The molecule has 0 aliphatic rings. The van der Waals surface area contributed by atoms with Gasteiger partial charge >= 0.3 is 0 Å². The Hall–Kier alpha value is -5.16. The fourth-order valence-electron chi connectivity index (χ4n) is 5.18. The number of azo groups is 2. The molecule has 62 heavy (non-hydrogen) atoms. The molecule has 2 unspecified atom stereocenters. The largest absolute Gasteiger partial charge is 0.324 e. The summed E-state index contributed by atoms with van der Waals surface area (Å²) in [6.45, 7) is 2.19. The number of anilines is 4. The number of para-hydroxylation sites is 2. The Bertz CT molecular complexity index is 2650. The van der Waals surface area contributed by atoms with E-state index in [0.29, 0.717) is 0 Å². The van der Waals surface area contributed by atoms with Crippen LogP contribution >= 0.6 is 92.8 Å². The average molecular weight is 998 g/mol. The molecule has 14 nitrogen and oxygen atoms in total. The Morgan fingerprint density at radius 2 is 0.790 bits per heavy atom. The molecule has 0 heterocycles. The molecular formula is C40H26Cl8N8O6. The predicted molar refractivity (Wildman–Crippen MR) is 243 cm³/mol. The topological polar surface area (TPSA) is 200 Å². The molecule has 0 saturated heterocycles. The number of nitrogens with zero attached hydrogens (tertiary/aromatic N) is 4. The first-order valence-corrected chi connectivity index (χ1v) is 20.4. The van der Waals surface area contributed by atoms with Gasteiger partial charge in [-0.1, -0.05) is 117 Å². The normalized spacial score (nSPS) is 12.2. The van der Waals surface area contributed by atoms with Crippen LogP contribution in [0.25, 0.3) is 0 Å². The summed E-state index contributed by atoms with van der Waals surface area (Å²) in [6.07, 6.45) is 0. The molecule has 0 fully saturated rings. The maximum absolute atomic E-state index is 13.3. The van der Waals surface area contributed by atoms with Gasteiger partial charge in [-0.3, -0.25) is 28.8 Å². The van der Waals surface area contributed by atoms with Gasteiger partial charge in [-0.25, -0.2) is 0 Å². The van der Waals surface area contributed by atoms with Crippen molar-refractivity contribution in [3.63, 3.8) is 0 Å². The number of rotatable bonds is 14. The predicted octanol–water partition coefficient (Wildman–Crippen LogP) is 12.8. The van der Waals surface area contributed by atoms with Gasteiger partial charge in [0.25, 0.3) is 23.6 Å². The van der Waals surface area contributed by atoms with Crippen molar-refractivity contribution in [2.75, 3.05) is 21.3 Å². The Morgan fingerprint density at radius 1 is 0.452 bits per heavy atom.